The van der Waals surface area contributed by atoms with E-state index in [0.717, 1.165) is 0 Å². The first-order valence-electron chi connectivity index (χ1n) is 3.28. The number of rotatable bonds is 5. The van der Waals surface area contributed by atoms with E-state index in [1.54, 1.807) is 14.2 Å². The summed E-state index contributed by atoms with van der Waals surface area (Å²) in [6, 6.07) is 0.577. The van der Waals surface area contributed by atoms with Crippen LogP contribution in [-0.4, -0.2) is 29.6 Å². The van der Waals surface area contributed by atoms with Gasteiger partial charge in [0.25, 0.3) is 0 Å². The molecule has 0 aliphatic rings. The third-order valence-corrected chi connectivity index (χ3v) is 3.88. The Kier molecular flexibility index (Phi) is 4.89. The van der Waals surface area contributed by atoms with Crippen LogP contribution in [0.4, 0.5) is 0 Å². The zero-order valence-corrected chi connectivity index (χ0v) is 7.85. The Morgan fingerprint density at radius 1 is 1.30 bits per heavy atom. The normalized spacial score (nSPS) is 12.0. The number of hydrogen-bond donors (Lipinski definition) is 0. The monoisotopic (exact) mass is 163 g/mol. The Balaban J connectivity index is 3.87. The number of hydrogen-bond acceptors (Lipinski definition) is 3. The van der Waals surface area contributed by atoms with Crippen molar-refractivity contribution in [3.8, 4) is 0 Å². The summed E-state index contributed by atoms with van der Waals surface area (Å²) in [6.45, 7) is 6.23. The predicted octanol–water partition coefficient (Wildman–Crippen LogP) is 1.09. The van der Waals surface area contributed by atoms with Crippen molar-refractivity contribution in [3.63, 3.8) is 0 Å². The lowest BCUT2D eigenvalue weighted by Gasteiger charge is -2.23. The van der Waals surface area contributed by atoms with Gasteiger partial charge in [-0.15, -0.1) is 0 Å². The van der Waals surface area contributed by atoms with Crippen LogP contribution >= 0.6 is 0 Å². The molecule has 10 heavy (non-hydrogen) atoms. The molecule has 0 rings (SSSR count). The van der Waals surface area contributed by atoms with Gasteiger partial charge in [0.1, 0.15) is 0 Å². The highest BCUT2D eigenvalue weighted by Gasteiger charge is 2.35. The van der Waals surface area contributed by atoms with Crippen molar-refractivity contribution >= 4 is 8.80 Å². The van der Waals surface area contributed by atoms with Gasteiger partial charge in [0.2, 0.25) is 0 Å². The lowest BCUT2D eigenvalue weighted by atomic mass is 10.9. The van der Waals surface area contributed by atoms with Gasteiger partial charge < -0.3 is 13.3 Å². The van der Waals surface area contributed by atoms with Gasteiger partial charge in [0.15, 0.2) is 0 Å². The Hall–Kier alpha value is 0.0969. The fraction of sp³-hybridized carbons (Fsp3) is 0.833. The fourth-order valence-corrected chi connectivity index (χ4v) is 2.09. The van der Waals surface area contributed by atoms with Crippen LogP contribution in [0.3, 0.4) is 0 Å². The van der Waals surface area contributed by atoms with Gasteiger partial charge in [-0.05, 0) is 13.8 Å². The molecule has 0 aromatic carbocycles. The van der Waals surface area contributed by atoms with E-state index in [1.165, 1.54) is 0 Å². The molecule has 0 saturated heterocycles. The third kappa shape index (κ3) is 2.38. The van der Waals surface area contributed by atoms with Crippen molar-refractivity contribution < 1.29 is 13.3 Å². The Labute approximate surface area is 63.7 Å². The Morgan fingerprint density at radius 2 is 1.80 bits per heavy atom. The molecule has 0 bridgehead atoms. The maximum Gasteiger partial charge on any atom is 0.500 e. The van der Waals surface area contributed by atoms with Crippen LogP contribution in [0, 0.1) is 6.92 Å². The van der Waals surface area contributed by atoms with Gasteiger partial charge in [0.05, 0.1) is 0 Å². The highest BCUT2D eigenvalue weighted by Crippen LogP contribution is 2.11. The summed E-state index contributed by atoms with van der Waals surface area (Å²) < 4.78 is 15.5. The molecule has 0 atom stereocenters. The molecular weight excluding hydrogens is 148 g/mol. The van der Waals surface area contributed by atoms with Gasteiger partial charge in [-0.2, -0.15) is 0 Å². The minimum Gasteiger partial charge on any atom is -0.377 e. The predicted molar refractivity (Wildman–Crippen MR) is 41.6 cm³/mol. The maximum absolute atomic E-state index is 5.31. The van der Waals surface area contributed by atoms with Gasteiger partial charge >= 0.3 is 8.80 Å². The second-order valence-electron chi connectivity index (χ2n) is 1.77. The maximum atomic E-state index is 5.31. The summed E-state index contributed by atoms with van der Waals surface area (Å²) in [5.74, 6) is 0. The standard InChI is InChI=1S/C6H15O3Si/c1-5-9-10(6-2,7-3)8-4/h2,5-6H2,1,3-4H3. The second kappa shape index (κ2) is 4.84. The molecular formula is C6H15O3Si. The highest BCUT2D eigenvalue weighted by molar-refractivity contribution is 6.60. The van der Waals surface area contributed by atoms with E-state index in [0.29, 0.717) is 12.7 Å². The lowest BCUT2D eigenvalue weighted by Crippen LogP contribution is -2.43. The smallest absolute Gasteiger partial charge is 0.377 e. The first-order chi connectivity index (χ1) is 4.74. The minimum atomic E-state index is -2.33. The zero-order chi connectivity index (χ0) is 8.04. The molecule has 61 valence electrons. The van der Waals surface area contributed by atoms with E-state index in [9.17, 15) is 0 Å². The first kappa shape index (κ1) is 10.1. The molecule has 0 heterocycles. The van der Waals surface area contributed by atoms with E-state index in [4.69, 9.17) is 13.3 Å². The molecule has 3 nitrogen and oxygen atoms in total. The molecule has 0 amide bonds. The molecule has 0 aliphatic carbocycles. The van der Waals surface area contributed by atoms with Crippen molar-refractivity contribution in [3.05, 3.63) is 6.92 Å². The van der Waals surface area contributed by atoms with Crippen LogP contribution < -0.4 is 0 Å². The quantitative estimate of drug-likeness (QED) is 0.568. The van der Waals surface area contributed by atoms with Gasteiger partial charge in [0, 0.05) is 26.9 Å². The summed E-state index contributed by atoms with van der Waals surface area (Å²) in [6.07, 6.45) is 0. The molecule has 1 radical (unpaired) electrons. The average Bonchev–Trinajstić information content (AvgIpc) is 2.01. The molecule has 0 unspecified atom stereocenters. The topological polar surface area (TPSA) is 27.7 Å². The molecule has 0 aromatic heterocycles. The van der Waals surface area contributed by atoms with E-state index < -0.39 is 8.80 Å². The largest absolute Gasteiger partial charge is 0.500 e. The van der Waals surface area contributed by atoms with Crippen LogP contribution in [0.1, 0.15) is 6.92 Å². The molecule has 0 spiro atoms. The summed E-state index contributed by atoms with van der Waals surface area (Å²) in [7, 11) is 0.859. The van der Waals surface area contributed by atoms with Crippen molar-refractivity contribution in [2.75, 3.05) is 20.8 Å². The molecule has 0 saturated carbocycles. The fourth-order valence-electron chi connectivity index (χ4n) is 0.697. The van der Waals surface area contributed by atoms with Crippen molar-refractivity contribution in [1.82, 2.24) is 0 Å². The highest BCUT2D eigenvalue weighted by atomic mass is 28.4. The average molecular weight is 163 g/mol. The van der Waals surface area contributed by atoms with Crippen LogP contribution in [0.15, 0.2) is 0 Å². The second-order valence-corrected chi connectivity index (χ2v) is 4.75. The Bertz CT molecular complexity index is 74.8. The molecule has 4 heteroatoms. The summed E-state index contributed by atoms with van der Waals surface area (Å²) >= 11 is 0. The molecule has 0 fully saturated rings. The van der Waals surface area contributed by atoms with E-state index >= 15 is 0 Å². The first-order valence-corrected chi connectivity index (χ1v) is 5.21. The van der Waals surface area contributed by atoms with Gasteiger partial charge in [-0.3, -0.25) is 0 Å². The molecule has 0 aromatic rings. The summed E-state index contributed by atoms with van der Waals surface area (Å²) in [5, 5.41) is 0. The Morgan fingerprint density at radius 3 is 1.90 bits per heavy atom. The van der Waals surface area contributed by atoms with Crippen LogP contribution in [0.25, 0.3) is 0 Å². The minimum absolute atomic E-state index is 0.577. The van der Waals surface area contributed by atoms with E-state index in [1.807, 2.05) is 6.92 Å². The lowest BCUT2D eigenvalue weighted by molar-refractivity contribution is 0.107. The van der Waals surface area contributed by atoms with Gasteiger partial charge in [-0.25, -0.2) is 0 Å². The zero-order valence-electron chi connectivity index (χ0n) is 6.85. The SMILES string of the molecule is [CH2]C[Si](OC)(OC)OCC. The van der Waals surface area contributed by atoms with E-state index in [-0.39, 0.29) is 0 Å². The van der Waals surface area contributed by atoms with E-state index in [2.05, 4.69) is 6.92 Å². The van der Waals surface area contributed by atoms with Crippen LogP contribution in [-0.2, 0) is 13.3 Å². The summed E-state index contributed by atoms with van der Waals surface area (Å²) in [4.78, 5) is 0. The third-order valence-electron chi connectivity index (χ3n) is 1.29. The van der Waals surface area contributed by atoms with Crippen LogP contribution in [0.5, 0.6) is 0 Å². The van der Waals surface area contributed by atoms with Crippen LogP contribution in [0.2, 0.25) is 6.04 Å². The molecule has 0 aliphatic heterocycles. The molecule has 0 N–H and O–H groups in total. The van der Waals surface area contributed by atoms with Crippen molar-refractivity contribution in [2.24, 2.45) is 0 Å². The van der Waals surface area contributed by atoms with Gasteiger partial charge in [-0.1, -0.05) is 0 Å². The van der Waals surface area contributed by atoms with Crippen molar-refractivity contribution in [1.29, 1.82) is 0 Å². The summed E-state index contributed by atoms with van der Waals surface area (Å²) in [5.41, 5.74) is 0. The van der Waals surface area contributed by atoms with Crippen molar-refractivity contribution in [2.45, 2.75) is 13.0 Å².